The number of rotatable bonds is 4. The van der Waals surface area contributed by atoms with Crippen molar-refractivity contribution in [3.05, 3.63) is 41.6 Å². The summed E-state index contributed by atoms with van der Waals surface area (Å²) in [5.41, 5.74) is 4.26. The third-order valence-electron chi connectivity index (χ3n) is 3.81. The molecular formula is C16H19N5. The lowest BCUT2D eigenvalue weighted by molar-refractivity contribution is 0.782. The average molecular weight is 281 g/mol. The van der Waals surface area contributed by atoms with Gasteiger partial charge < -0.3 is 0 Å². The van der Waals surface area contributed by atoms with Crippen LogP contribution in [-0.2, 0) is 6.42 Å². The molecule has 0 saturated heterocycles. The summed E-state index contributed by atoms with van der Waals surface area (Å²) < 4.78 is 1.92. The molecule has 3 rings (SSSR count). The van der Waals surface area contributed by atoms with E-state index in [1.54, 1.807) is 12.5 Å². The zero-order valence-corrected chi connectivity index (χ0v) is 12.7. The molecule has 3 aromatic heterocycles. The normalized spacial score (nSPS) is 11.2. The Morgan fingerprint density at radius 1 is 1.14 bits per heavy atom. The monoisotopic (exact) mass is 281 g/mol. The molecule has 0 unspecified atom stereocenters. The first-order valence-corrected chi connectivity index (χ1v) is 7.33. The Labute approximate surface area is 124 Å². The SMILES string of the molecule is CCCCc1c(C)nn(-c2ncnc3ncccc23)c1C. The first-order chi connectivity index (χ1) is 10.2. The molecule has 0 bridgehead atoms. The van der Waals surface area contributed by atoms with Gasteiger partial charge in [-0.2, -0.15) is 5.10 Å². The van der Waals surface area contributed by atoms with Gasteiger partial charge in [-0.15, -0.1) is 0 Å². The van der Waals surface area contributed by atoms with Crippen LogP contribution in [-0.4, -0.2) is 24.7 Å². The van der Waals surface area contributed by atoms with E-state index < -0.39 is 0 Å². The summed E-state index contributed by atoms with van der Waals surface area (Å²) in [4.78, 5) is 12.9. The molecule has 0 amide bonds. The molecule has 0 fully saturated rings. The van der Waals surface area contributed by atoms with E-state index >= 15 is 0 Å². The zero-order valence-electron chi connectivity index (χ0n) is 12.7. The van der Waals surface area contributed by atoms with Crippen LogP contribution < -0.4 is 0 Å². The van der Waals surface area contributed by atoms with Crippen molar-refractivity contribution < 1.29 is 0 Å². The standard InChI is InChI=1S/C16H19N5/c1-4-5-7-13-11(2)20-21(12(13)3)16-14-8-6-9-17-15(14)18-10-19-16/h6,8-10H,4-5,7H2,1-3H3. The van der Waals surface area contributed by atoms with Gasteiger partial charge in [0.2, 0.25) is 0 Å². The van der Waals surface area contributed by atoms with Gasteiger partial charge in [-0.1, -0.05) is 13.3 Å². The highest BCUT2D eigenvalue weighted by molar-refractivity contribution is 5.81. The van der Waals surface area contributed by atoms with Crippen LogP contribution in [0.4, 0.5) is 0 Å². The fourth-order valence-corrected chi connectivity index (χ4v) is 2.65. The third-order valence-corrected chi connectivity index (χ3v) is 3.81. The highest BCUT2D eigenvalue weighted by atomic mass is 15.3. The summed E-state index contributed by atoms with van der Waals surface area (Å²) in [6.45, 7) is 6.38. The second-order valence-electron chi connectivity index (χ2n) is 5.24. The van der Waals surface area contributed by atoms with Crippen LogP contribution >= 0.6 is 0 Å². The van der Waals surface area contributed by atoms with Gasteiger partial charge in [-0.05, 0) is 44.4 Å². The quantitative estimate of drug-likeness (QED) is 0.737. The number of aromatic nitrogens is 5. The lowest BCUT2D eigenvalue weighted by atomic mass is 10.1. The maximum atomic E-state index is 4.68. The van der Waals surface area contributed by atoms with Crippen LogP contribution in [0.25, 0.3) is 16.9 Å². The third kappa shape index (κ3) is 2.39. The van der Waals surface area contributed by atoms with Crippen LogP contribution in [0.1, 0.15) is 36.7 Å². The van der Waals surface area contributed by atoms with E-state index in [0.29, 0.717) is 5.65 Å². The number of hydrogen-bond acceptors (Lipinski definition) is 4. The number of pyridine rings is 1. The van der Waals surface area contributed by atoms with Gasteiger partial charge in [0.15, 0.2) is 11.5 Å². The molecule has 0 saturated carbocycles. The molecule has 0 radical (unpaired) electrons. The molecule has 108 valence electrons. The maximum absolute atomic E-state index is 4.68. The second-order valence-corrected chi connectivity index (χ2v) is 5.24. The van der Waals surface area contributed by atoms with Crippen LogP contribution in [0.15, 0.2) is 24.7 Å². The van der Waals surface area contributed by atoms with Gasteiger partial charge in [-0.25, -0.2) is 19.6 Å². The van der Waals surface area contributed by atoms with Gasteiger partial charge in [0.1, 0.15) is 6.33 Å². The number of fused-ring (bicyclic) bond motifs is 1. The molecule has 0 aliphatic carbocycles. The van der Waals surface area contributed by atoms with E-state index in [1.807, 2.05) is 16.8 Å². The molecule has 0 aromatic carbocycles. The van der Waals surface area contributed by atoms with E-state index in [2.05, 4.69) is 40.8 Å². The molecule has 0 atom stereocenters. The summed E-state index contributed by atoms with van der Waals surface area (Å²) in [5.74, 6) is 0.802. The minimum absolute atomic E-state index is 0.699. The predicted molar refractivity (Wildman–Crippen MR) is 82.5 cm³/mol. The molecule has 21 heavy (non-hydrogen) atoms. The highest BCUT2D eigenvalue weighted by Crippen LogP contribution is 2.22. The van der Waals surface area contributed by atoms with Crippen molar-refractivity contribution in [2.75, 3.05) is 0 Å². The van der Waals surface area contributed by atoms with Crippen LogP contribution in [0, 0.1) is 13.8 Å². The Morgan fingerprint density at radius 2 is 2.00 bits per heavy atom. The van der Waals surface area contributed by atoms with E-state index in [1.165, 1.54) is 18.4 Å². The lowest BCUT2D eigenvalue weighted by Gasteiger charge is -2.07. The topological polar surface area (TPSA) is 56.5 Å². The van der Waals surface area contributed by atoms with Gasteiger partial charge >= 0.3 is 0 Å². The average Bonchev–Trinajstić information content (AvgIpc) is 2.79. The first kappa shape index (κ1) is 13.7. The molecule has 0 aliphatic rings. The summed E-state index contributed by atoms with van der Waals surface area (Å²) in [5, 5.41) is 5.61. The minimum atomic E-state index is 0.699. The summed E-state index contributed by atoms with van der Waals surface area (Å²) in [6.07, 6.45) is 6.72. The van der Waals surface area contributed by atoms with Crippen LogP contribution in [0.3, 0.4) is 0 Å². The Kier molecular flexibility index (Phi) is 3.64. The smallest absolute Gasteiger partial charge is 0.166 e. The molecule has 0 N–H and O–H groups in total. The molecule has 3 heterocycles. The van der Waals surface area contributed by atoms with E-state index in [-0.39, 0.29) is 0 Å². The van der Waals surface area contributed by atoms with Gasteiger partial charge in [0.05, 0.1) is 11.1 Å². The molecule has 5 nitrogen and oxygen atoms in total. The molecule has 0 aliphatic heterocycles. The Morgan fingerprint density at radius 3 is 2.81 bits per heavy atom. The molecule has 5 heteroatoms. The van der Waals surface area contributed by atoms with Crippen molar-refractivity contribution in [1.29, 1.82) is 0 Å². The number of unbranched alkanes of at least 4 members (excludes halogenated alkanes) is 1. The van der Waals surface area contributed by atoms with Crippen molar-refractivity contribution in [3.63, 3.8) is 0 Å². The first-order valence-electron chi connectivity index (χ1n) is 7.33. The summed E-state index contributed by atoms with van der Waals surface area (Å²) in [7, 11) is 0. The molecule has 3 aromatic rings. The predicted octanol–water partition coefficient (Wildman–Crippen LogP) is 3.17. The molecular weight excluding hydrogens is 262 g/mol. The number of aryl methyl sites for hydroxylation is 1. The van der Waals surface area contributed by atoms with Crippen LogP contribution in [0.2, 0.25) is 0 Å². The van der Waals surface area contributed by atoms with Crippen molar-refractivity contribution in [2.24, 2.45) is 0 Å². The molecule has 0 spiro atoms. The van der Waals surface area contributed by atoms with E-state index in [4.69, 9.17) is 0 Å². The summed E-state index contributed by atoms with van der Waals surface area (Å²) >= 11 is 0. The van der Waals surface area contributed by atoms with Crippen LogP contribution in [0.5, 0.6) is 0 Å². The fraction of sp³-hybridized carbons (Fsp3) is 0.375. The van der Waals surface area contributed by atoms with Gasteiger partial charge in [0, 0.05) is 11.9 Å². The second kappa shape index (κ2) is 5.60. The zero-order chi connectivity index (χ0) is 14.8. The van der Waals surface area contributed by atoms with Gasteiger partial charge in [0.25, 0.3) is 0 Å². The maximum Gasteiger partial charge on any atom is 0.166 e. The largest absolute Gasteiger partial charge is 0.236 e. The Bertz CT molecular complexity index is 770. The van der Waals surface area contributed by atoms with Crippen molar-refractivity contribution in [2.45, 2.75) is 40.0 Å². The number of hydrogen-bond donors (Lipinski definition) is 0. The minimum Gasteiger partial charge on any atom is -0.236 e. The number of nitrogens with zero attached hydrogens (tertiary/aromatic N) is 5. The van der Waals surface area contributed by atoms with E-state index in [0.717, 1.165) is 29.0 Å². The van der Waals surface area contributed by atoms with Gasteiger partial charge in [-0.3, -0.25) is 0 Å². The van der Waals surface area contributed by atoms with E-state index in [9.17, 15) is 0 Å². The Hall–Kier alpha value is -2.30. The summed E-state index contributed by atoms with van der Waals surface area (Å²) in [6, 6.07) is 3.89. The van der Waals surface area contributed by atoms with Crippen molar-refractivity contribution >= 4 is 11.0 Å². The lowest BCUT2D eigenvalue weighted by Crippen LogP contribution is -2.04. The van der Waals surface area contributed by atoms with Crippen molar-refractivity contribution in [3.8, 4) is 5.82 Å². The van der Waals surface area contributed by atoms with Crippen molar-refractivity contribution in [1.82, 2.24) is 24.7 Å². The fourth-order valence-electron chi connectivity index (χ4n) is 2.65. The highest BCUT2D eigenvalue weighted by Gasteiger charge is 2.15. The Balaban J connectivity index is 2.15.